The van der Waals surface area contributed by atoms with E-state index in [2.05, 4.69) is 34.5 Å². The average molecular weight is 238 g/mol. The number of aryl methyl sites for hydroxylation is 1. The Hall–Kier alpha value is -2.36. The van der Waals surface area contributed by atoms with Crippen molar-refractivity contribution in [1.82, 2.24) is 19.6 Å². The predicted molar refractivity (Wildman–Crippen MR) is 69.6 cm³/mol. The van der Waals surface area contributed by atoms with E-state index >= 15 is 0 Å². The number of benzene rings is 1. The summed E-state index contributed by atoms with van der Waals surface area (Å²) in [4.78, 5) is 0. The van der Waals surface area contributed by atoms with Crippen molar-refractivity contribution in [3.63, 3.8) is 0 Å². The first kappa shape index (κ1) is 10.8. The molecule has 3 aromatic rings. The van der Waals surface area contributed by atoms with E-state index in [9.17, 15) is 0 Å². The summed E-state index contributed by atoms with van der Waals surface area (Å²) in [7, 11) is 0. The molecule has 0 N–H and O–H groups in total. The largest absolute Gasteiger partial charge is 0.268 e. The summed E-state index contributed by atoms with van der Waals surface area (Å²) in [5.74, 6) is 0. The van der Waals surface area contributed by atoms with E-state index in [0.717, 1.165) is 17.9 Å². The molecule has 4 heteroatoms. The molecule has 0 aliphatic carbocycles. The summed E-state index contributed by atoms with van der Waals surface area (Å²) in [6, 6.07) is 12.3. The fraction of sp³-hybridized carbons (Fsp3) is 0.143. The van der Waals surface area contributed by atoms with Crippen LogP contribution in [-0.2, 0) is 6.54 Å². The quantitative estimate of drug-likeness (QED) is 0.702. The lowest BCUT2D eigenvalue weighted by atomic mass is 10.2. The van der Waals surface area contributed by atoms with Gasteiger partial charge in [-0.15, -0.1) is 0 Å². The predicted octanol–water partition coefficient (Wildman–Crippen LogP) is 2.43. The van der Waals surface area contributed by atoms with Crippen LogP contribution in [0.5, 0.6) is 0 Å². The molecule has 0 fully saturated rings. The monoisotopic (exact) mass is 238 g/mol. The zero-order chi connectivity index (χ0) is 12.4. The van der Waals surface area contributed by atoms with Gasteiger partial charge in [0, 0.05) is 18.6 Å². The zero-order valence-corrected chi connectivity index (χ0v) is 10.2. The highest BCUT2D eigenvalue weighted by Gasteiger charge is 1.99. The van der Waals surface area contributed by atoms with Crippen molar-refractivity contribution in [2.75, 3.05) is 0 Å². The van der Waals surface area contributed by atoms with Crippen LogP contribution in [0.3, 0.4) is 0 Å². The topological polar surface area (TPSA) is 35.6 Å². The molecular formula is C14H14N4. The Morgan fingerprint density at radius 1 is 1.06 bits per heavy atom. The van der Waals surface area contributed by atoms with E-state index < -0.39 is 0 Å². The van der Waals surface area contributed by atoms with Crippen molar-refractivity contribution in [2.24, 2.45) is 0 Å². The van der Waals surface area contributed by atoms with Gasteiger partial charge in [0.2, 0.25) is 0 Å². The second-order valence-corrected chi connectivity index (χ2v) is 4.27. The molecular weight excluding hydrogens is 224 g/mol. The highest BCUT2D eigenvalue weighted by Crippen LogP contribution is 2.09. The van der Waals surface area contributed by atoms with Crippen LogP contribution >= 0.6 is 0 Å². The summed E-state index contributed by atoms with van der Waals surface area (Å²) in [5.41, 5.74) is 3.34. The SMILES string of the molecule is Cc1ccn(Cc2ccc(-n3cccn3)cc2)n1. The Balaban J connectivity index is 1.79. The molecule has 2 aromatic heterocycles. The Morgan fingerprint density at radius 3 is 2.50 bits per heavy atom. The van der Waals surface area contributed by atoms with Crippen LogP contribution < -0.4 is 0 Å². The van der Waals surface area contributed by atoms with Gasteiger partial charge in [-0.1, -0.05) is 12.1 Å². The molecule has 0 atom stereocenters. The fourth-order valence-electron chi connectivity index (χ4n) is 1.91. The third-order valence-electron chi connectivity index (χ3n) is 2.82. The molecule has 3 rings (SSSR count). The van der Waals surface area contributed by atoms with Gasteiger partial charge in [-0.2, -0.15) is 10.2 Å². The van der Waals surface area contributed by atoms with Gasteiger partial charge in [-0.05, 0) is 36.8 Å². The smallest absolute Gasteiger partial charge is 0.0659 e. The maximum atomic E-state index is 4.38. The Morgan fingerprint density at radius 2 is 1.89 bits per heavy atom. The summed E-state index contributed by atoms with van der Waals surface area (Å²) >= 11 is 0. The molecule has 1 aromatic carbocycles. The lowest BCUT2D eigenvalue weighted by Gasteiger charge is -2.04. The number of aromatic nitrogens is 4. The van der Waals surface area contributed by atoms with Gasteiger partial charge in [0.25, 0.3) is 0 Å². The first-order valence-corrected chi connectivity index (χ1v) is 5.90. The highest BCUT2D eigenvalue weighted by atomic mass is 15.3. The van der Waals surface area contributed by atoms with E-state index in [0.29, 0.717) is 0 Å². The Labute approximate surface area is 105 Å². The lowest BCUT2D eigenvalue weighted by molar-refractivity contribution is 0.679. The molecule has 4 nitrogen and oxygen atoms in total. The van der Waals surface area contributed by atoms with Crippen molar-refractivity contribution in [3.8, 4) is 5.69 Å². The molecule has 0 aliphatic heterocycles. The van der Waals surface area contributed by atoms with Crippen LogP contribution in [0.1, 0.15) is 11.3 Å². The lowest BCUT2D eigenvalue weighted by Crippen LogP contribution is -2.01. The summed E-state index contributed by atoms with van der Waals surface area (Å²) < 4.78 is 3.79. The molecule has 0 spiro atoms. The molecule has 0 saturated heterocycles. The minimum Gasteiger partial charge on any atom is -0.268 e. The summed E-state index contributed by atoms with van der Waals surface area (Å²) in [5, 5.41) is 8.58. The van der Waals surface area contributed by atoms with E-state index in [4.69, 9.17) is 0 Å². The van der Waals surface area contributed by atoms with E-state index in [1.807, 2.05) is 40.8 Å². The van der Waals surface area contributed by atoms with Gasteiger partial charge in [0.05, 0.1) is 17.9 Å². The molecule has 0 saturated carbocycles. The van der Waals surface area contributed by atoms with Crippen molar-refractivity contribution in [3.05, 3.63) is 66.2 Å². The van der Waals surface area contributed by atoms with Gasteiger partial charge in [0.1, 0.15) is 0 Å². The molecule has 0 bridgehead atoms. The fourth-order valence-corrected chi connectivity index (χ4v) is 1.91. The second kappa shape index (κ2) is 4.49. The van der Waals surface area contributed by atoms with Gasteiger partial charge in [0.15, 0.2) is 0 Å². The third-order valence-corrected chi connectivity index (χ3v) is 2.82. The standard InChI is InChI=1S/C14H14N4/c1-12-7-10-17(16-12)11-13-3-5-14(6-4-13)18-9-2-8-15-18/h2-10H,11H2,1H3. The van der Waals surface area contributed by atoms with Crippen LogP contribution in [0.2, 0.25) is 0 Å². The van der Waals surface area contributed by atoms with Crippen molar-refractivity contribution in [1.29, 1.82) is 0 Å². The number of hydrogen-bond acceptors (Lipinski definition) is 2. The number of hydrogen-bond donors (Lipinski definition) is 0. The van der Waals surface area contributed by atoms with Crippen LogP contribution in [0.15, 0.2) is 55.0 Å². The zero-order valence-electron chi connectivity index (χ0n) is 10.2. The molecule has 0 unspecified atom stereocenters. The Bertz CT molecular complexity index is 620. The van der Waals surface area contributed by atoms with Crippen molar-refractivity contribution < 1.29 is 0 Å². The highest BCUT2D eigenvalue weighted by molar-refractivity contribution is 5.33. The molecule has 0 amide bonds. The first-order chi connectivity index (χ1) is 8.81. The molecule has 0 radical (unpaired) electrons. The van der Waals surface area contributed by atoms with E-state index in [-0.39, 0.29) is 0 Å². The maximum Gasteiger partial charge on any atom is 0.0659 e. The van der Waals surface area contributed by atoms with E-state index in [1.54, 1.807) is 6.20 Å². The first-order valence-electron chi connectivity index (χ1n) is 5.90. The van der Waals surface area contributed by atoms with Crippen LogP contribution in [0.25, 0.3) is 5.69 Å². The number of rotatable bonds is 3. The van der Waals surface area contributed by atoms with Crippen LogP contribution in [0, 0.1) is 6.92 Å². The maximum absolute atomic E-state index is 4.38. The second-order valence-electron chi connectivity index (χ2n) is 4.27. The average Bonchev–Trinajstić information content (AvgIpc) is 3.02. The van der Waals surface area contributed by atoms with E-state index in [1.165, 1.54) is 5.56 Å². The molecule has 90 valence electrons. The van der Waals surface area contributed by atoms with Crippen LogP contribution in [0.4, 0.5) is 0 Å². The van der Waals surface area contributed by atoms with Crippen LogP contribution in [-0.4, -0.2) is 19.6 Å². The van der Waals surface area contributed by atoms with Gasteiger partial charge in [-0.3, -0.25) is 4.68 Å². The molecule has 0 aliphatic rings. The third kappa shape index (κ3) is 2.18. The normalized spacial score (nSPS) is 10.7. The molecule has 18 heavy (non-hydrogen) atoms. The Kier molecular flexibility index (Phi) is 2.68. The number of nitrogens with zero attached hydrogens (tertiary/aromatic N) is 4. The van der Waals surface area contributed by atoms with Crippen molar-refractivity contribution >= 4 is 0 Å². The minimum atomic E-state index is 0.799. The molecule has 2 heterocycles. The summed E-state index contributed by atoms with van der Waals surface area (Å²) in [6.45, 7) is 2.80. The summed E-state index contributed by atoms with van der Waals surface area (Å²) in [6.07, 6.45) is 5.71. The van der Waals surface area contributed by atoms with Crippen molar-refractivity contribution in [2.45, 2.75) is 13.5 Å². The van der Waals surface area contributed by atoms with Gasteiger partial charge >= 0.3 is 0 Å². The van der Waals surface area contributed by atoms with Gasteiger partial charge in [-0.25, -0.2) is 4.68 Å². The minimum absolute atomic E-state index is 0.799. The van der Waals surface area contributed by atoms with Gasteiger partial charge < -0.3 is 0 Å².